The van der Waals surface area contributed by atoms with Crippen LogP contribution in [-0.2, 0) is 5.75 Å². The Morgan fingerprint density at radius 3 is 2.53 bits per heavy atom. The zero-order chi connectivity index (χ0) is 13.1. The minimum absolute atomic E-state index is 0.143. The van der Waals surface area contributed by atoms with Gasteiger partial charge in [-0.05, 0) is 12.3 Å². The molecule has 17 heavy (non-hydrogen) atoms. The summed E-state index contributed by atoms with van der Waals surface area (Å²) >= 11 is 1.80. The Balaban J connectivity index is 2.53. The fourth-order valence-corrected chi connectivity index (χ4v) is 2.05. The van der Waals surface area contributed by atoms with Crippen molar-refractivity contribution in [2.45, 2.75) is 57.6 Å². The standard InChI is InChI=1S/C12H23N3OS/c1-8(2)6-9(13)11-14-10(15-16-11)7-17-12(3,4)5/h8-9H,6-7,13H2,1-5H3. The first-order chi connectivity index (χ1) is 7.78. The SMILES string of the molecule is CC(C)CC(N)c1nc(CSC(C)(C)C)no1. The van der Waals surface area contributed by atoms with Crippen LogP contribution in [0.3, 0.4) is 0 Å². The molecule has 0 aromatic carbocycles. The number of hydrogen-bond acceptors (Lipinski definition) is 5. The van der Waals surface area contributed by atoms with Crippen molar-refractivity contribution in [3.63, 3.8) is 0 Å². The van der Waals surface area contributed by atoms with Crippen LogP contribution in [-0.4, -0.2) is 14.9 Å². The molecule has 1 atom stereocenters. The molecule has 0 saturated heterocycles. The fourth-order valence-electron chi connectivity index (χ4n) is 1.37. The van der Waals surface area contributed by atoms with Gasteiger partial charge in [-0.2, -0.15) is 4.98 Å². The van der Waals surface area contributed by atoms with E-state index in [4.69, 9.17) is 10.3 Å². The predicted molar refractivity (Wildman–Crippen MR) is 71.7 cm³/mol. The summed E-state index contributed by atoms with van der Waals surface area (Å²) in [4.78, 5) is 4.34. The lowest BCUT2D eigenvalue weighted by molar-refractivity contribution is 0.333. The minimum atomic E-state index is -0.143. The first-order valence-electron chi connectivity index (χ1n) is 6.00. The van der Waals surface area contributed by atoms with Gasteiger partial charge in [-0.25, -0.2) is 0 Å². The molecule has 2 N–H and O–H groups in total. The third-order valence-electron chi connectivity index (χ3n) is 2.16. The van der Waals surface area contributed by atoms with Gasteiger partial charge in [-0.15, -0.1) is 11.8 Å². The molecule has 0 radical (unpaired) electrons. The highest BCUT2D eigenvalue weighted by Gasteiger charge is 2.18. The van der Waals surface area contributed by atoms with Crippen molar-refractivity contribution in [2.75, 3.05) is 0 Å². The Kier molecular flexibility index (Phi) is 5.01. The van der Waals surface area contributed by atoms with E-state index in [2.05, 4.69) is 44.8 Å². The average molecular weight is 257 g/mol. The molecule has 0 bridgehead atoms. The molecule has 0 saturated carbocycles. The Morgan fingerprint density at radius 1 is 1.35 bits per heavy atom. The van der Waals surface area contributed by atoms with Crippen LogP contribution in [0.15, 0.2) is 4.52 Å². The molecule has 1 aromatic heterocycles. The van der Waals surface area contributed by atoms with Gasteiger partial charge in [0.05, 0.1) is 11.8 Å². The van der Waals surface area contributed by atoms with Crippen LogP contribution in [0.2, 0.25) is 0 Å². The zero-order valence-electron chi connectivity index (χ0n) is 11.4. The number of nitrogens with zero attached hydrogens (tertiary/aromatic N) is 2. The van der Waals surface area contributed by atoms with E-state index in [-0.39, 0.29) is 10.8 Å². The summed E-state index contributed by atoms with van der Waals surface area (Å²) in [6, 6.07) is -0.143. The maximum atomic E-state index is 5.99. The van der Waals surface area contributed by atoms with E-state index in [9.17, 15) is 0 Å². The Labute approximate surface area is 108 Å². The van der Waals surface area contributed by atoms with Crippen LogP contribution in [0.1, 0.15) is 58.8 Å². The summed E-state index contributed by atoms with van der Waals surface area (Å²) in [7, 11) is 0. The van der Waals surface area contributed by atoms with Gasteiger partial charge in [0.2, 0.25) is 5.89 Å². The van der Waals surface area contributed by atoms with E-state index in [0.717, 1.165) is 18.0 Å². The van der Waals surface area contributed by atoms with E-state index in [1.54, 1.807) is 11.8 Å². The van der Waals surface area contributed by atoms with Crippen molar-refractivity contribution < 1.29 is 4.52 Å². The van der Waals surface area contributed by atoms with E-state index >= 15 is 0 Å². The minimum Gasteiger partial charge on any atom is -0.338 e. The van der Waals surface area contributed by atoms with Crippen molar-refractivity contribution in [1.29, 1.82) is 0 Å². The van der Waals surface area contributed by atoms with E-state index in [0.29, 0.717) is 11.8 Å². The molecule has 0 amide bonds. The molecule has 0 aliphatic rings. The van der Waals surface area contributed by atoms with Gasteiger partial charge in [0.15, 0.2) is 5.82 Å². The average Bonchev–Trinajstić information content (AvgIpc) is 2.60. The van der Waals surface area contributed by atoms with Crippen molar-refractivity contribution in [3.05, 3.63) is 11.7 Å². The quantitative estimate of drug-likeness (QED) is 0.877. The van der Waals surface area contributed by atoms with Gasteiger partial charge in [0.25, 0.3) is 0 Å². The normalized spacial score (nSPS) is 14.3. The fraction of sp³-hybridized carbons (Fsp3) is 0.833. The van der Waals surface area contributed by atoms with E-state index < -0.39 is 0 Å². The summed E-state index contributed by atoms with van der Waals surface area (Å²) in [5.41, 5.74) is 5.99. The van der Waals surface area contributed by atoms with Crippen LogP contribution in [0, 0.1) is 5.92 Å². The molecular weight excluding hydrogens is 234 g/mol. The first-order valence-corrected chi connectivity index (χ1v) is 6.98. The Hall–Kier alpha value is -0.550. The highest BCUT2D eigenvalue weighted by Crippen LogP contribution is 2.26. The molecule has 1 unspecified atom stereocenters. The molecule has 98 valence electrons. The van der Waals surface area contributed by atoms with Gasteiger partial charge >= 0.3 is 0 Å². The molecule has 5 heteroatoms. The number of nitrogens with two attached hydrogens (primary N) is 1. The lowest BCUT2D eigenvalue weighted by Gasteiger charge is -2.15. The van der Waals surface area contributed by atoms with Gasteiger partial charge < -0.3 is 10.3 Å². The van der Waals surface area contributed by atoms with Crippen LogP contribution in [0.25, 0.3) is 0 Å². The van der Waals surface area contributed by atoms with Crippen molar-refractivity contribution >= 4 is 11.8 Å². The lowest BCUT2D eigenvalue weighted by atomic mass is 10.0. The number of hydrogen-bond donors (Lipinski definition) is 1. The molecule has 1 heterocycles. The number of thioether (sulfide) groups is 1. The summed E-state index contributed by atoms with van der Waals surface area (Å²) < 4.78 is 5.40. The smallest absolute Gasteiger partial charge is 0.243 e. The number of rotatable bonds is 5. The highest BCUT2D eigenvalue weighted by molar-refractivity contribution is 7.99. The largest absolute Gasteiger partial charge is 0.338 e. The van der Waals surface area contributed by atoms with Crippen LogP contribution >= 0.6 is 11.8 Å². The topological polar surface area (TPSA) is 64.9 Å². The second kappa shape index (κ2) is 5.87. The van der Waals surface area contributed by atoms with Gasteiger partial charge in [-0.1, -0.05) is 39.8 Å². The molecule has 0 spiro atoms. The maximum Gasteiger partial charge on any atom is 0.243 e. The summed E-state index contributed by atoms with van der Waals surface area (Å²) in [6.07, 6.45) is 0.869. The van der Waals surface area contributed by atoms with Crippen LogP contribution < -0.4 is 5.73 Å². The lowest BCUT2D eigenvalue weighted by Crippen LogP contribution is -2.13. The van der Waals surface area contributed by atoms with E-state index in [1.165, 1.54) is 0 Å². The first kappa shape index (κ1) is 14.5. The second-order valence-corrected chi connectivity index (χ2v) is 7.49. The maximum absolute atomic E-state index is 5.99. The molecule has 0 aliphatic heterocycles. The Morgan fingerprint density at radius 2 is 2.00 bits per heavy atom. The molecule has 0 aliphatic carbocycles. The molecule has 1 rings (SSSR count). The van der Waals surface area contributed by atoms with Crippen molar-refractivity contribution in [1.82, 2.24) is 10.1 Å². The molecule has 1 aromatic rings. The third kappa shape index (κ3) is 5.55. The summed E-state index contributed by atoms with van der Waals surface area (Å²) in [6.45, 7) is 10.8. The molecular formula is C12H23N3OS. The monoisotopic (exact) mass is 257 g/mol. The molecule has 4 nitrogen and oxygen atoms in total. The van der Waals surface area contributed by atoms with Crippen molar-refractivity contribution in [2.24, 2.45) is 11.7 Å². The second-order valence-electron chi connectivity index (χ2n) is 5.69. The third-order valence-corrected chi connectivity index (χ3v) is 3.43. The summed E-state index contributed by atoms with van der Waals surface area (Å²) in [5.74, 6) is 2.59. The van der Waals surface area contributed by atoms with Crippen LogP contribution in [0.5, 0.6) is 0 Å². The highest BCUT2D eigenvalue weighted by atomic mass is 32.2. The summed E-state index contributed by atoms with van der Waals surface area (Å²) in [5, 5.41) is 3.96. The Bertz CT molecular complexity index is 344. The van der Waals surface area contributed by atoms with Gasteiger partial charge in [0.1, 0.15) is 0 Å². The molecule has 0 fully saturated rings. The zero-order valence-corrected chi connectivity index (χ0v) is 12.2. The van der Waals surface area contributed by atoms with E-state index in [1.807, 2.05) is 0 Å². The van der Waals surface area contributed by atoms with Gasteiger partial charge in [-0.3, -0.25) is 0 Å². The van der Waals surface area contributed by atoms with Crippen LogP contribution in [0.4, 0.5) is 0 Å². The predicted octanol–water partition coefficient (Wildman–Crippen LogP) is 3.15. The van der Waals surface area contributed by atoms with Gasteiger partial charge in [0, 0.05) is 4.75 Å². The van der Waals surface area contributed by atoms with Crippen molar-refractivity contribution in [3.8, 4) is 0 Å². The number of aromatic nitrogens is 2.